The summed E-state index contributed by atoms with van der Waals surface area (Å²) >= 11 is 1.79. The second-order valence-corrected chi connectivity index (χ2v) is 6.39. The molecule has 0 radical (unpaired) electrons. The Morgan fingerprint density at radius 2 is 2.19 bits per heavy atom. The third-order valence-electron chi connectivity index (χ3n) is 3.46. The van der Waals surface area contributed by atoms with E-state index in [1.54, 1.807) is 11.8 Å². The Balaban J connectivity index is 2.24. The number of nitrogens with zero attached hydrogens (tertiary/aromatic N) is 2. The molecule has 1 heterocycles. The predicted octanol–water partition coefficient (Wildman–Crippen LogP) is 4.06. The average molecular weight is 315 g/mol. The van der Waals surface area contributed by atoms with Crippen molar-refractivity contribution in [2.24, 2.45) is 0 Å². The third kappa shape index (κ3) is 3.82. The number of alkyl halides is 3. The van der Waals surface area contributed by atoms with E-state index in [1.807, 2.05) is 6.07 Å². The first kappa shape index (κ1) is 16.0. The Labute approximate surface area is 125 Å². The Bertz CT molecular complexity index is 539. The largest absolute Gasteiger partial charge is 0.433 e. The zero-order valence-electron chi connectivity index (χ0n) is 11.6. The molecule has 0 bridgehead atoms. The number of halogens is 3. The lowest BCUT2D eigenvalue weighted by Gasteiger charge is -2.21. The highest BCUT2D eigenvalue weighted by Gasteiger charge is 2.34. The highest BCUT2D eigenvalue weighted by Crippen LogP contribution is 2.34. The number of hydrogen-bond donors (Lipinski definition) is 1. The van der Waals surface area contributed by atoms with E-state index in [1.165, 1.54) is 6.07 Å². The molecule has 1 aliphatic rings. The van der Waals surface area contributed by atoms with Crippen LogP contribution in [0.5, 0.6) is 0 Å². The molecule has 1 aromatic rings. The highest BCUT2D eigenvalue weighted by atomic mass is 32.2. The van der Waals surface area contributed by atoms with Gasteiger partial charge in [-0.25, -0.2) is 4.98 Å². The summed E-state index contributed by atoms with van der Waals surface area (Å²) in [7, 11) is 0. The number of nitriles is 1. The Morgan fingerprint density at radius 3 is 2.81 bits per heavy atom. The van der Waals surface area contributed by atoms with Crippen molar-refractivity contribution in [1.29, 1.82) is 5.26 Å². The molecule has 0 saturated heterocycles. The molecular weight excluding hydrogens is 299 g/mol. The van der Waals surface area contributed by atoms with Gasteiger partial charge < -0.3 is 5.32 Å². The van der Waals surface area contributed by atoms with Crippen molar-refractivity contribution in [2.75, 3.05) is 11.1 Å². The molecule has 0 amide bonds. The lowest BCUT2D eigenvalue weighted by molar-refractivity contribution is -0.141. The summed E-state index contributed by atoms with van der Waals surface area (Å²) in [4.78, 5) is 3.60. The maximum atomic E-state index is 12.7. The van der Waals surface area contributed by atoms with Crippen molar-refractivity contribution in [3.63, 3.8) is 0 Å². The molecule has 2 rings (SSSR count). The number of thioether (sulfide) groups is 1. The molecule has 7 heteroatoms. The van der Waals surface area contributed by atoms with E-state index in [9.17, 15) is 13.2 Å². The lowest BCUT2D eigenvalue weighted by atomic mass is 10.2. The second kappa shape index (κ2) is 6.56. The van der Waals surface area contributed by atoms with E-state index in [0.29, 0.717) is 5.25 Å². The van der Waals surface area contributed by atoms with E-state index >= 15 is 0 Å². The normalized spacial score (nSPS) is 22.0. The third-order valence-corrected chi connectivity index (χ3v) is 4.79. The van der Waals surface area contributed by atoms with Crippen LogP contribution in [0.1, 0.15) is 37.4 Å². The molecule has 1 aromatic heterocycles. The van der Waals surface area contributed by atoms with Crippen molar-refractivity contribution >= 4 is 17.6 Å². The fourth-order valence-corrected chi connectivity index (χ4v) is 3.70. The SMILES string of the molecule is CCSC1CCCC1Nc1nc(C(F)(F)F)ccc1C#N. The van der Waals surface area contributed by atoms with Crippen LogP contribution >= 0.6 is 11.8 Å². The van der Waals surface area contributed by atoms with Crippen molar-refractivity contribution in [1.82, 2.24) is 4.98 Å². The van der Waals surface area contributed by atoms with Crippen molar-refractivity contribution < 1.29 is 13.2 Å². The Kier molecular flexibility index (Phi) is 4.99. The molecule has 3 nitrogen and oxygen atoms in total. The van der Waals surface area contributed by atoms with E-state index < -0.39 is 11.9 Å². The number of nitrogens with one attached hydrogen (secondary N) is 1. The van der Waals surface area contributed by atoms with Crippen LogP contribution in [0.4, 0.5) is 19.0 Å². The quantitative estimate of drug-likeness (QED) is 0.910. The monoisotopic (exact) mass is 315 g/mol. The van der Waals surface area contributed by atoms with Gasteiger partial charge in [-0.05, 0) is 30.7 Å². The van der Waals surface area contributed by atoms with Gasteiger partial charge in [0.2, 0.25) is 0 Å². The first-order valence-corrected chi connectivity index (χ1v) is 7.87. The minimum atomic E-state index is -4.50. The molecule has 21 heavy (non-hydrogen) atoms. The average Bonchev–Trinajstić information content (AvgIpc) is 2.85. The van der Waals surface area contributed by atoms with Crippen LogP contribution < -0.4 is 5.32 Å². The number of anilines is 1. The van der Waals surface area contributed by atoms with E-state index in [4.69, 9.17) is 5.26 Å². The van der Waals surface area contributed by atoms with Crippen LogP contribution in [0.2, 0.25) is 0 Å². The number of rotatable bonds is 4. The molecule has 0 spiro atoms. The van der Waals surface area contributed by atoms with Gasteiger partial charge in [-0.1, -0.05) is 13.3 Å². The highest BCUT2D eigenvalue weighted by molar-refractivity contribution is 7.99. The van der Waals surface area contributed by atoms with Gasteiger partial charge in [-0.2, -0.15) is 30.2 Å². The zero-order valence-corrected chi connectivity index (χ0v) is 12.4. The van der Waals surface area contributed by atoms with Crippen LogP contribution in [0.3, 0.4) is 0 Å². The summed E-state index contributed by atoms with van der Waals surface area (Å²) in [6.07, 6.45) is -1.54. The molecule has 1 N–H and O–H groups in total. The van der Waals surface area contributed by atoms with Crippen LogP contribution in [-0.4, -0.2) is 22.0 Å². The summed E-state index contributed by atoms with van der Waals surface area (Å²) in [5.74, 6) is 1.00. The predicted molar refractivity (Wildman–Crippen MR) is 77.1 cm³/mol. The van der Waals surface area contributed by atoms with Crippen LogP contribution in [-0.2, 0) is 6.18 Å². The summed E-state index contributed by atoms with van der Waals surface area (Å²) < 4.78 is 38.2. The van der Waals surface area contributed by atoms with Gasteiger partial charge >= 0.3 is 6.18 Å². The van der Waals surface area contributed by atoms with Gasteiger partial charge in [-0.3, -0.25) is 0 Å². The van der Waals surface area contributed by atoms with E-state index in [2.05, 4.69) is 17.2 Å². The minimum absolute atomic E-state index is 0.0425. The smallest absolute Gasteiger partial charge is 0.365 e. The summed E-state index contributed by atoms with van der Waals surface area (Å²) in [5, 5.41) is 12.5. The molecule has 2 unspecified atom stereocenters. The minimum Gasteiger partial charge on any atom is -0.365 e. The maximum Gasteiger partial charge on any atom is 0.433 e. The lowest BCUT2D eigenvalue weighted by Crippen LogP contribution is -2.27. The zero-order chi connectivity index (χ0) is 15.5. The van der Waals surface area contributed by atoms with Gasteiger partial charge in [0.25, 0.3) is 0 Å². The number of hydrogen-bond acceptors (Lipinski definition) is 4. The number of aromatic nitrogens is 1. The van der Waals surface area contributed by atoms with Crippen LogP contribution in [0.25, 0.3) is 0 Å². The van der Waals surface area contributed by atoms with E-state index in [-0.39, 0.29) is 17.4 Å². The molecule has 0 aliphatic heterocycles. The standard InChI is InChI=1S/C14H16F3N3S/c1-2-21-11-5-3-4-10(11)19-13-9(8-18)6-7-12(20-13)14(15,16)17/h6-7,10-11H,2-5H2,1H3,(H,19,20). The Hall–Kier alpha value is -1.42. The molecule has 0 aromatic carbocycles. The van der Waals surface area contributed by atoms with Crippen LogP contribution in [0, 0.1) is 11.3 Å². The molecule has 1 aliphatic carbocycles. The molecule has 2 atom stereocenters. The van der Waals surface area contributed by atoms with Gasteiger partial charge in [-0.15, -0.1) is 0 Å². The van der Waals surface area contributed by atoms with Crippen LogP contribution in [0.15, 0.2) is 12.1 Å². The second-order valence-electron chi connectivity index (χ2n) is 4.88. The summed E-state index contributed by atoms with van der Waals surface area (Å²) in [6.45, 7) is 2.06. The van der Waals surface area contributed by atoms with E-state index in [0.717, 1.165) is 31.1 Å². The molecular formula is C14H16F3N3S. The molecule has 114 valence electrons. The molecule has 1 saturated carbocycles. The maximum absolute atomic E-state index is 12.7. The van der Waals surface area contributed by atoms with Gasteiger partial charge in [0.1, 0.15) is 17.6 Å². The topological polar surface area (TPSA) is 48.7 Å². The first-order chi connectivity index (χ1) is 9.95. The molecule has 1 fully saturated rings. The van der Waals surface area contributed by atoms with Crippen molar-refractivity contribution in [2.45, 2.75) is 43.7 Å². The van der Waals surface area contributed by atoms with Gasteiger partial charge in [0, 0.05) is 11.3 Å². The summed E-state index contributed by atoms with van der Waals surface area (Å²) in [6, 6.07) is 3.98. The number of pyridine rings is 1. The van der Waals surface area contributed by atoms with Gasteiger partial charge in [0.05, 0.1) is 5.56 Å². The van der Waals surface area contributed by atoms with Gasteiger partial charge in [0.15, 0.2) is 0 Å². The Morgan fingerprint density at radius 1 is 1.43 bits per heavy atom. The first-order valence-electron chi connectivity index (χ1n) is 6.82. The van der Waals surface area contributed by atoms with Crippen molar-refractivity contribution in [3.05, 3.63) is 23.4 Å². The van der Waals surface area contributed by atoms with Crippen molar-refractivity contribution in [3.8, 4) is 6.07 Å². The fourth-order valence-electron chi connectivity index (χ4n) is 2.50. The fraction of sp³-hybridized carbons (Fsp3) is 0.571. The summed E-state index contributed by atoms with van der Waals surface area (Å²) in [5.41, 5.74) is -0.822.